The van der Waals surface area contributed by atoms with Crippen LogP contribution in [0.1, 0.15) is 167 Å². The number of nitrogens with two attached hydrogens (primary N) is 1. The predicted molar refractivity (Wildman–Crippen MR) is 226 cm³/mol. The van der Waals surface area contributed by atoms with Crippen molar-refractivity contribution in [1.82, 2.24) is 42.5 Å². The maximum absolute atomic E-state index is 14.4. The third-order valence-electron chi connectivity index (χ3n) is 17.0. The zero-order chi connectivity index (χ0) is 38.9. The summed E-state index contributed by atoms with van der Waals surface area (Å²) < 4.78 is 34.8. The van der Waals surface area contributed by atoms with E-state index >= 15 is 0 Å². The van der Waals surface area contributed by atoms with Crippen LogP contribution in [0.25, 0.3) is 0 Å². The fraction of sp³-hybridized carbons (Fsp3) is 1.00. The van der Waals surface area contributed by atoms with Gasteiger partial charge in [0.15, 0.2) is 0 Å². The minimum atomic E-state index is -3.90. The van der Waals surface area contributed by atoms with E-state index in [-0.39, 0.29) is 48.8 Å². The topological polar surface area (TPSA) is 166 Å². The van der Waals surface area contributed by atoms with Gasteiger partial charge in [0.05, 0.1) is 54.6 Å². The Kier molecular flexibility index (Phi) is 13.9. The number of nitrogens with one attached hydrogen (secondary N) is 8. The summed E-state index contributed by atoms with van der Waals surface area (Å²) in [6.07, 6.45) is 30.0. The molecule has 0 aromatic carbocycles. The lowest BCUT2D eigenvalue weighted by molar-refractivity contribution is 0.156. The van der Waals surface area contributed by atoms with Crippen LogP contribution in [0.3, 0.4) is 0 Å². The zero-order valence-corrected chi connectivity index (χ0v) is 36.1. The van der Waals surface area contributed by atoms with Gasteiger partial charge in [-0.15, -0.1) is 0 Å². The number of unbranched alkanes of at least 4 members (excludes halogenated alkanes) is 8. The fourth-order valence-corrected chi connectivity index (χ4v) is 16.1. The molecule has 0 amide bonds. The lowest BCUT2D eigenvalue weighted by atomic mass is 9.76. The summed E-state index contributed by atoms with van der Waals surface area (Å²) in [5.41, 5.74) is 6.50. The van der Waals surface area contributed by atoms with E-state index in [2.05, 4.69) is 49.5 Å². The van der Waals surface area contributed by atoms with Crippen LogP contribution in [0.2, 0.25) is 0 Å². The second kappa shape index (κ2) is 18.9. The van der Waals surface area contributed by atoms with Gasteiger partial charge in [-0.25, -0.2) is 0 Å². The van der Waals surface area contributed by atoms with Gasteiger partial charge >= 0.3 is 0 Å². The zero-order valence-electron chi connectivity index (χ0n) is 35.3. The van der Waals surface area contributed by atoms with E-state index in [1.165, 1.54) is 122 Å². The molecule has 5 saturated heterocycles. The summed E-state index contributed by atoms with van der Waals surface area (Å²) in [4.78, 5) is 0. The third kappa shape index (κ3) is 9.07. The normalized spacial score (nSPS) is 46.2. The van der Waals surface area contributed by atoms with E-state index in [0.717, 1.165) is 25.7 Å². The molecular weight excluding hydrogens is 735 g/mol. The SMILES string of the molecule is CCCCCCCCCCCC(N)OS(=O)(=O)C1CCCC2C3NC4NC(NC5NC(NC6NC(NC(N3)C21)C1CCCCC61)C1CCCCC51)C1CCCCC41. The minimum Gasteiger partial charge on any atom is -0.305 e. The summed E-state index contributed by atoms with van der Waals surface area (Å²) in [5, 5.41) is 32.7. The van der Waals surface area contributed by atoms with Gasteiger partial charge in [-0.3, -0.25) is 46.7 Å². The van der Waals surface area contributed by atoms with Gasteiger partial charge in [0.25, 0.3) is 10.1 Å². The molecule has 0 aromatic rings. The second-order valence-corrected chi connectivity index (χ2v) is 22.2. The average Bonchev–Trinajstić information content (AvgIpc) is 3.96. The molecule has 0 radical (unpaired) electrons. The van der Waals surface area contributed by atoms with Gasteiger partial charge < -0.3 is 5.73 Å². The van der Waals surface area contributed by atoms with Crippen LogP contribution in [-0.4, -0.2) is 69.2 Å². The molecule has 0 spiro atoms. The van der Waals surface area contributed by atoms with E-state index in [9.17, 15) is 8.42 Å². The molecule has 10 N–H and O–H groups in total. The Morgan fingerprint density at radius 1 is 0.456 bits per heavy atom. The van der Waals surface area contributed by atoms with Crippen molar-refractivity contribution in [3.63, 3.8) is 0 Å². The Hall–Kier alpha value is -0.450. The molecule has 5 aliphatic heterocycles. The molecule has 18 unspecified atom stereocenters. The number of hydrogen-bond donors (Lipinski definition) is 9. The van der Waals surface area contributed by atoms with Crippen molar-refractivity contribution in [1.29, 1.82) is 0 Å². The Bertz CT molecular complexity index is 1410. The van der Waals surface area contributed by atoms with E-state index in [1.54, 1.807) is 0 Å². The van der Waals surface area contributed by atoms with Crippen molar-refractivity contribution >= 4 is 10.1 Å². The van der Waals surface area contributed by atoms with Crippen molar-refractivity contribution < 1.29 is 12.6 Å². The highest BCUT2D eigenvalue weighted by Crippen LogP contribution is 2.47. The molecular formula is C44H81N9O3S. The van der Waals surface area contributed by atoms with Crippen molar-refractivity contribution in [2.24, 2.45) is 53.1 Å². The van der Waals surface area contributed by atoms with Crippen molar-refractivity contribution in [3.8, 4) is 0 Å². The molecule has 326 valence electrons. The Morgan fingerprint density at radius 3 is 1.19 bits per heavy atom. The molecule has 9 fully saturated rings. The highest BCUT2D eigenvalue weighted by molar-refractivity contribution is 7.87. The van der Waals surface area contributed by atoms with Crippen LogP contribution >= 0.6 is 0 Å². The minimum absolute atomic E-state index is 0.0158. The summed E-state index contributed by atoms with van der Waals surface area (Å²) >= 11 is 0. The van der Waals surface area contributed by atoms with Crippen LogP contribution in [0.15, 0.2) is 0 Å². The molecule has 18 atom stereocenters. The number of fused-ring (bicyclic) bond motifs is 20. The summed E-state index contributed by atoms with van der Waals surface area (Å²) in [6, 6.07) is 0. The monoisotopic (exact) mass is 816 g/mol. The summed E-state index contributed by atoms with van der Waals surface area (Å²) in [5.74, 6) is 3.58. The first-order valence-corrected chi connectivity index (χ1v) is 26.1. The molecule has 57 heavy (non-hydrogen) atoms. The molecule has 5 heterocycles. The first kappa shape index (κ1) is 41.9. The highest BCUT2D eigenvalue weighted by Gasteiger charge is 2.57. The quantitative estimate of drug-likeness (QED) is 0.0685. The molecule has 9 aliphatic rings. The van der Waals surface area contributed by atoms with Crippen LogP contribution in [0, 0.1) is 47.3 Å². The van der Waals surface area contributed by atoms with Gasteiger partial charge in [-0.05, 0) is 106 Å². The first-order chi connectivity index (χ1) is 27.9. The first-order valence-electron chi connectivity index (χ1n) is 24.6. The Balaban J connectivity index is 0.937. The smallest absolute Gasteiger partial charge is 0.272 e. The Morgan fingerprint density at radius 2 is 0.789 bits per heavy atom. The van der Waals surface area contributed by atoms with Crippen LogP contribution in [0.4, 0.5) is 0 Å². The van der Waals surface area contributed by atoms with Crippen molar-refractivity contribution in [2.45, 2.75) is 228 Å². The standard InChI is InChI=1S/C44H81N9O3S/c1-2-3-4-5-6-7-8-9-10-26-35(45)56-57(54,55)34-25-17-24-33-36(34)44-52-42-32-23-16-15-22-31(32)40(50-42)48-38-28-19-12-11-18-27(28)37(46-38)47-39-29-20-13-14-21-30(29)41(49-39)51-43(33)53-44/h27-44,46-53H,2-26,45H2,1H3. The summed E-state index contributed by atoms with van der Waals surface area (Å²) in [7, 11) is -3.90. The molecule has 9 rings (SSSR count). The highest BCUT2D eigenvalue weighted by atomic mass is 32.2. The van der Waals surface area contributed by atoms with E-state index < -0.39 is 21.6 Å². The molecule has 0 aromatic heterocycles. The molecule has 4 saturated carbocycles. The van der Waals surface area contributed by atoms with Gasteiger partial charge in [0.1, 0.15) is 6.23 Å². The Labute approximate surface area is 345 Å². The van der Waals surface area contributed by atoms with Gasteiger partial charge in [0, 0.05) is 5.92 Å². The fourth-order valence-electron chi connectivity index (χ4n) is 14.3. The van der Waals surface area contributed by atoms with Gasteiger partial charge in [0.2, 0.25) is 0 Å². The maximum atomic E-state index is 14.4. The third-order valence-corrected chi connectivity index (χ3v) is 18.9. The van der Waals surface area contributed by atoms with Crippen molar-refractivity contribution in [3.05, 3.63) is 0 Å². The molecule has 12 nitrogen and oxygen atoms in total. The van der Waals surface area contributed by atoms with E-state index in [4.69, 9.17) is 9.92 Å². The van der Waals surface area contributed by atoms with Crippen LogP contribution in [-0.2, 0) is 14.3 Å². The van der Waals surface area contributed by atoms with E-state index in [0.29, 0.717) is 60.7 Å². The predicted octanol–water partition coefficient (Wildman–Crippen LogP) is 5.14. The maximum Gasteiger partial charge on any atom is 0.272 e. The van der Waals surface area contributed by atoms with Gasteiger partial charge in [-0.1, -0.05) is 103 Å². The van der Waals surface area contributed by atoms with Crippen LogP contribution < -0.4 is 48.3 Å². The molecule has 8 bridgehead atoms. The lowest BCUT2D eigenvalue weighted by Gasteiger charge is -2.39. The lowest BCUT2D eigenvalue weighted by Crippen LogP contribution is -2.62. The molecule has 13 heteroatoms. The van der Waals surface area contributed by atoms with Crippen LogP contribution in [0.5, 0.6) is 0 Å². The van der Waals surface area contributed by atoms with Gasteiger partial charge in [-0.2, -0.15) is 8.42 Å². The average molecular weight is 816 g/mol. The molecule has 4 aliphatic carbocycles. The summed E-state index contributed by atoms with van der Waals surface area (Å²) in [6.45, 7) is 2.26. The largest absolute Gasteiger partial charge is 0.305 e. The second-order valence-electron chi connectivity index (χ2n) is 20.4. The van der Waals surface area contributed by atoms with Crippen molar-refractivity contribution in [2.75, 3.05) is 0 Å². The number of rotatable bonds is 13. The number of hydrogen-bond acceptors (Lipinski definition) is 12. The van der Waals surface area contributed by atoms with E-state index in [1.807, 2.05) is 0 Å².